The van der Waals surface area contributed by atoms with Gasteiger partial charge in [-0.1, -0.05) is 5.16 Å². The molecule has 0 bridgehead atoms. The predicted octanol–water partition coefficient (Wildman–Crippen LogP) is 3.05. The van der Waals surface area contributed by atoms with Crippen LogP contribution in [-0.2, 0) is 11.3 Å². The predicted molar refractivity (Wildman–Crippen MR) is 107 cm³/mol. The fourth-order valence-electron chi connectivity index (χ4n) is 4.00. The smallest absolute Gasteiger partial charge is 0.224 e. The zero-order chi connectivity index (χ0) is 20.4. The molecule has 29 heavy (non-hydrogen) atoms. The first-order valence-corrected chi connectivity index (χ1v) is 10.0. The van der Waals surface area contributed by atoms with Crippen molar-refractivity contribution in [2.24, 2.45) is 0 Å². The zero-order valence-electron chi connectivity index (χ0n) is 17.1. The van der Waals surface area contributed by atoms with Crippen molar-refractivity contribution in [1.29, 1.82) is 0 Å². The molecule has 1 saturated heterocycles. The Morgan fingerprint density at radius 1 is 1.21 bits per heavy atom. The second kappa shape index (κ2) is 8.14. The first kappa shape index (κ1) is 19.3. The molecule has 1 aliphatic heterocycles. The number of piperidine rings is 1. The van der Waals surface area contributed by atoms with Gasteiger partial charge in [-0.25, -0.2) is 15.0 Å². The highest BCUT2D eigenvalue weighted by atomic mass is 16.5. The van der Waals surface area contributed by atoms with Crippen LogP contribution in [0.5, 0.6) is 0 Å². The fourth-order valence-corrected chi connectivity index (χ4v) is 4.00. The highest BCUT2D eigenvalue weighted by molar-refractivity contribution is 5.76. The average molecular weight is 394 g/mol. The Morgan fingerprint density at radius 3 is 2.66 bits per heavy atom. The molecule has 1 aliphatic rings. The number of aromatic nitrogens is 5. The Morgan fingerprint density at radius 2 is 2.00 bits per heavy atom. The standard InChI is InChI=1S/C21H26N6O2/c1-14-21(15(2)29-25-14)19-12-18(23-16(3)24-19)17-4-9-27(10-5-17)20(28)6-8-26-11-7-22-13-26/h7,11-13,17H,4-6,8-10H2,1-3H3. The largest absolute Gasteiger partial charge is 0.361 e. The van der Waals surface area contributed by atoms with Crippen molar-refractivity contribution in [3.8, 4) is 11.3 Å². The molecule has 0 spiro atoms. The van der Waals surface area contributed by atoms with Crippen molar-refractivity contribution in [2.75, 3.05) is 13.1 Å². The lowest BCUT2D eigenvalue weighted by atomic mass is 9.92. The van der Waals surface area contributed by atoms with Gasteiger partial charge in [0.25, 0.3) is 0 Å². The topological polar surface area (TPSA) is 89.9 Å². The van der Waals surface area contributed by atoms with E-state index in [2.05, 4.69) is 21.2 Å². The van der Waals surface area contributed by atoms with Crippen LogP contribution in [0.4, 0.5) is 0 Å². The van der Waals surface area contributed by atoms with E-state index in [0.717, 1.165) is 60.2 Å². The summed E-state index contributed by atoms with van der Waals surface area (Å²) in [6.07, 6.45) is 7.68. The average Bonchev–Trinajstić information content (AvgIpc) is 3.35. The van der Waals surface area contributed by atoms with Crippen molar-refractivity contribution >= 4 is 5.91 Å². The van der Waals surface area contributed by atoms with Gasteiger partial charge < -0.3 is 14.0 Å². The third kappa shape index (κ3) is 4.21. The van der Waals surface area contributed by atoms with Crippen LogP contribution < -0.4 is 0 Å². The summed E-state index contributed by atoms with van der Waals surface area (Å²) in [4.78, 5) is 27.8. The maximum atomic E-state index is 12.5. The van der Waals surface area contributed by atoms with Gasteiger partial charge in [-0.15, -0.1) is 0 Å². The zero-order valence-corrected chi connectivity index (χ0v) is 17.1. The minimum absolute atomic E-state index is 0.201. The second-order valence-corrected chi connectivity index (χ2v) is 7.63. The van der Waals surface area contributed by atoms with Gasteiger partial charge in [-0.2, -0.15) is 0 Å². The number of carbonyl (C=O) groups excluding carboxylic acids is 1. The first-order valence-electron chi connectivity index (χ1n) is 10.0. The van der Waals surface area contributed by atoms with E-state index in [-0.39, 0.29) is 5.91 Å². The van der Waals surface area contributed by atoms with Gasteiger partial charge in [0.05, 0.1) is 23.3 Å². The molecule has 8 heteroatoms. The number of likely N-dealkylation sites (tertiary alicyclic amines) is 1. The van der Waals surface area contributed by atoms with E-state index < -0.39 is 0 Å². The Bertz CT molecular complexity index is 967. The number of hydrogen-bond donors (Lipinski definition) is 0. The molecule has 0 N–H and O–H groups in total. The maximum absolute atomic E-state index is 12.5. The van der Waals surface area contributed by atoms with Gasteiger partial charge in [0.15, 0.2) is 0 Å². The van der Waals surface area contributed by atoms with E-state index in [9.17, 15) is 4.79 Å². The molecule has 0 aromatic carbocycles. The fraction of sp³-hybridized carbons (Fsp3) is 0.476. The van der Waals surface area contributed by atoms with E-state index in [1.807, 2.05) is 36.4 Å². The van der Waals surface area contributed by atoms with Gasteiger partial charge in [0, 0.05) is 50.1 Å². The lowest BCUT2D eigenvalue weighted by molar-refractivity contribution is -0.132. The van der Waals surface area contributed by atoms with Crippen LogP contribution >= 0.6 is 0 Å². The van der Waals surface area contributed by atoms with Crippen LogP contribution in [0.3, 0.4) is 0 Å². The summed E-state index contributed by atoms with van der Waals surface area (Å²) in [5.74, 6) is 2.04. The molecule has 0 radical (unpaired) electrons. The molecule has 0 unspecified atom stereocenters. The van der Waals surface area contributed by atoms with Crippen LogP contribution in [0, 0.1) is 20.8 Å². The molecule has 0 atom stereocenters. The Hall–Kier alpha value is -3.03. The van der Waals surface area contributed by atoms with Crippen LogP contribution in [0.2, 0.25) is 0 Å². The van der Waals surface area contributed by atoms with Crippen molar-refractivity contribution in [2.45, 2.75) is 52.5 Å². The summed E-state index contributed by atoms with van der Waals surface area (Å²) in [7, 11) is 0. The molecule has 3 aromatic heterocycles. The van der Waals surface area contributed by atoms with Gasteiger partial charge in [0.1, 0.15) is 11.6 Å². The summed E-state index contributed by atoms with van der Waals surface area (Å²) >= 11 is 0. The van der Waals surface area contributed by atoms with Gasteiger partial charge in [-0.3, -0.25) is 4.79 Å². The molecule has 0 saturated carbocycles. The summed E-state index contributed by atoms with van der Waals surface area (Å²) in [6, 6.07) is 2.06. The molecule has 4 rings (SSSR count). The molecule has 4 heterocycles. The van der Waals surface area contributed by atoms with Crippen LogP contribution in [0.15, 0.2) is 29.3 Å². The lowest BCUT2D eigenvalue weighted by Gasteiger charge is -2.32. The molecule has 152 valence electrons. The number of rotatable bonds is 5. The summed E-state index contributed by atoms with van der Waals surface area (Å²) < 4.78 is 7.24. The monoisotopic (exact) mass is 394 g/mol. The molecule has 0 aliphatic carbocycles. The van der Waals surface area contributed by atoms with Crippen LogP contribution in [-0.4, -0.2) is 48.6 Å². The molecule has 1 fully saturated rings. The SMILES string of the molecule is Cc1nc(-c2c(C)noc2C)cc(C2CCN(C(=O)CCn3ccnc3)CC2)n1. The summed E-state index contributed by atoms with van der Waals surface area (Å²) in [5.41, 5.74) is 3.69. The van der Waals surface area contributed by atoms with Crippen molar-refractivity contribution < 1.29 is 9.32 Å². The number of imidazole rings is 1. The van der Waals surface area contributed by atoms with E-state index >= 15 is 0 Å². The first-order chi connectivity index (χ1) is 14.0. The number of aryl methyl sites for hydroxylation is 4. The Kier molecular flexibility index (Phi) is 5.42. The van der Waals surface area contributed by atoms with Gasteiger partial charge in [-0.05, 0) is 39.7 Å². The lowest BCUT2D eigenvalue weighted by Crippen LogP contribution is -2.38. The van der Waals surface area contributed by atoms with Gasteiger partial charge in [0.2, 0.25) is 5.91 Å². The summed E-state index contributed by atoms with van der Waals surface area (Å²) in [6.45, 7) is 7.94. The van der Waals surface area contributed by atoms with Crippen LogP contribution in [0.25, 0.3) is 11.3 Å². The third-order valence-electron chi connectivity index (χ3n) is 5.56. The molecule has 3 aromatic rings. The van der Waals surface area contributed by atoms with Crippen molar-refractivity contribution in [3.05, 3.63) is 47.8 Å². The highest BCUT2D eigenvalue weighted by Crippen LogP contribution is 2.31. The Balaban J connectivity index is 1.41. The normalized spacial score (nSPS) is 15.1. The third-order valence-corrected chi connectivity index (χ3v) is 5.56. The number of nitrogens with zero attached hydrogens (tertiary/aromatic N) is 6. The molecule has 1 amide bonds. The second-order valence-electron chi connectivity index (χ2n) is 7.63. The van der Waals surface area contributed by atoms with Gasteiger partial charge >= 0.3 is 0 Å². The van der Waals surface area contributed by atoms with E-state index in [1.165, 1.54) is 0 Å². The van der Waals surface area contributed by atoms with Crippen LogP contribution in [0.1, 0.15) is 48.2 Å². The number of amides is 1. The number of hydrogen-bond acceptors (Lipinski definition) is 6. The van der Waals surface area contributed by atoms with E-state index in [4.69, 9.17) is 9.51 Å². The molecule has 8 nitrogen and oxygen atoms in total. The molecular formula is C21H26N6O2. The maximum Gasteiger partial charge on any atom is 0.224 e. The Labute approximate surface area is 170 Å². The molecular weight excluding hydrogens is 368 g/mol. The van der Waals surface area contributed by atoms with E-state index in [0.29, 0.717) is 18.9 Å². The summed E-state index contributed by atoms with van der Waals surface area (Å²) in [5, 5.41) is 4.04. The minimum atomic E-state index is 0.201. The minimum Gasteiger partial charge on any atom is -0.361 e. The van der Waals surface area contributed by atoms with Crippen molar-refractivity contribution in [3.63, 3.8) is 0 Å². The quantitative estimate of drug-likeness (QED) is 0.661. The highest BCUT2D eigenvalue weighted by Gasteiger charge is 2.26. The van der Waals surface area contributed by atoms with Crippen molar-refractivity contribution in [1.82, 2.24) is 29.6 Å². The number of carbonyl (C=O) groups is 1. The van der Waals surface area contributed by atoms with E-state index in [1.54, 1.807) is 12.5 Å².